The monoisotopic (exact) mass is 440 g/mol. The molecule has 0 fully saturated rings. The number of hydrogen-bond donors (Lipinski definition) is 0. The lowest BCUT2D eigenvalue weighted by molar-refractivity contribution is 1.18. The minimum atomic E-state index is -0.0227. The highest BCUT2D eigenvalue weighted by molar-refractivity contribution is 6.15. The smallest absolute Gasteiger partial charge is 0.264 e. The lowest BCUT2D eigenvalue weighted by Crippen LogP contribution is -2.13. The highest BCUT2D eigenvalue weighted by atomic mass is 16.1. The van der Waals surface area contributed by atoms with Crippen LogP contribution in [0.25, 0.3) is 54.9 Å². The number of pyridine rings is 1. The van der Waals surface area contributed by atoms with Crippen molar-refractivity contribution in [2.45, 2.75) is 20.3 Å². The highest BCUT2D eigenvalue weighted by Gasteiger charge is 2.19. The number of hydrogen-bond acceptors (Lipinski definition) is 2. The van der Waals surface area contributed by atoms with E-state index in [4.69, 9.17) is 4.98 Å². The fraction of sp³-hybridized carbons (Fsp3) is 0.0968. The Labute approximate surface area is 197 Å². The van der Waals surface area contributed by atoms with Gasteiger partial charge in [0.25, 0.3) is 5.56 Å². The third-order valence-electron chi connectivity index (χ3n) is 6.59. The molecule has 0 N–H and O–H groups in total. The minimum absolute atomic E-state index is 0.0227. The van der Waals surface area contributed by atoms with Gasteiger partial charge in [0.05, 0.1) is 11.0 Å². The third-order valence-corrected chi connectivity index (χ3v) is 6.59. The molecule has 4 aromatic carbocycles. The van der Waals surface area contributed by atoms with Gasteiger partial charge in [0.15, 0.2) is 0 Å². The number of nitrogens with zero attached hydrogens (tertiary/aromatic N) is 2. The first kappa shape index (κ1) is 20.4. The molecule has 0 saturated heterocycles. The second-order valence-corrected chi connectivity index (χ2v) is 8.60. The Bertz CT molecular complexity index is 1800. The molecule has 2 heterocycles. The van der Waals surface area contributed by atoms with E-state index >= 15 is 0 Å². The van der Waals surface area contributed by atoms with Gasteiger partial charge >= 0.3 is 0 Å². The van der Waals surface area contributed by atoms with E-state index in [1.165, 1.54) is 0 Å². The first-order valence-electron chi connectivity index (χ1n) is 11.7. The van der Waals surface area contributed by atoms with Crippen molar-refractivity contribution in [3.05, 3.63) is 113 Å². The van der Waals surface area contributed by atoms with Crippen LogP contribution in [-0.4, -0.2) is 9.38 Å². The predicted octanol–water partition coefficient (Wildman–Crippen LogP) is 7.63. The molecule has 0 aliphatic heterocycles. The van der Waals surface area contributed by atoms with Crippen LogP contribution in [0.4, 0.5) is 0 Å². The second kappa shape index (κ2) is 7.96. The molecule has 0 unspecified atom stereocenters. The summed E-state index contributed by atoms with van der Waals surface area (Å²) in [7, 11) is 0. The minimum Gasteiger partial charge on any atom is -0.268 e. The summed E-state index contributed by atoms with van der Waals surface area (Å²) in [5.74, 6) is 0. The van der Waals surface area contributed by atoms with Gasteiger partial charge in [-0.15, -0.1) is 0 Å². The van der Waals surface area contributed by atoms with Crippen molar-refractivity contribution < 1.29 is 0 Å². The number of benzene rings is 4. The summed E-state index contributed by atoms with van der Waals surface area (Å²) in [6, 6.07) is 26.7. The molecule has 2 aromatic heterocycles. The van der Waals surface area contributed by atoms with Crippen LogP contribution in [0.2, 0.25) is 0 Å². The molecule has 6 aromatic rings. The Morgan fingerprint density at radius 1 is 0.912 bits per heavy atom. The first-order chi connectivity index (χ1) is 16.7. The van der Waals surface area contributed by atoms with Gasteiger partial charge in [-0.1, -0.05) is 85.8 Å². The molecule has 0 aliphatic carbocycles. The fourth-order valence-electron chi connectivity index (χ4n) is 5.02. The summed E-state index contributed by atoms with van der Waals surface area (Å²) >= 11 is 0. The van der Waals surface area contributed by atoms with E-state index in [1.807, 2.05) is 47.7 Å². The van der Waals surface area contributed by atoms with E-state index in [1.54, 1.807) is 0 Å². The summed E-state index contributed by atoms with van der Waals surface area (Å²) in [5.41, 5.74) is 6.69. The third kappa shape index (κ3) is 2.97. The van der Waals surface area contributed by atoms with Crippen LogP contribution in [0, 0.1) is 0 Å². The molecule has 0 aliphatic rings. The Morgan fingerprint density at radius 2 is 1.68 bits per heavy atom. The first-order valence-corrected chi connectivity index (χ1v) is 11.7. The maximum absolute atomic E-state index is 13.9. The molecule has 34 heavy (non-hydrogen) atoms. The zero-order chi connectivity index (χ0) is 23.2. The number of allylic oxidation sites excluding steroid dienone is 4. The topological polar surface area (TPSA) is 34.4 Å². The summed E-state index contributed by atoms with van der Waals surface area (Å²) < 4.78 is 1.82. The zero-order valence-corrected chi connectivity index (χ0v) is 19.2. The van der Waals surface area contributed by atoms with Crippen molar-refractivity contribution in [2.24, 2.45) is 0 Å². The van der Waals surface area contributed by atoms with Gasteiger partial charge < -0.3 is 0 Å². The number of imidazole rings is 1. The summed E-state index contributed by atoms with van der Waals surface area (Å²) in [6.07, 6.45) is 7.35. The second-order valence-electron chi connectivity index (χ2n) is 8.60. The van der Waals surface area contributed by atoms with Crippen LogP contribution in [0.15, 0.2) is 102 Å². The fourth-order valence-corrected chi connectivity index (χ4v) is 5.02. The molecule has 3 nitrogen and oxygen atoms in total. The molecule has 0 atom stereocenters. The summed E-state index contributed by atoms with van der Waals surface area (Å²) in [4.78, 5) is 18.9. The van der Waals surface area contributed by atoms with E-state index in [-0.39, 0.29) is 5.56 Å². The molecule has 0 saturated carbocycles. The van der Waals surface area contributed by atoms with Gasteiger partial charge in [-0.3, -0.25) is 9.20 Å². The maximum Gasteiger partial charge on any atom is 0.264 e. The summed E-state index contributed by atoms with van der Waals surface area (Å²) in [6.45, 7) is 4.17. The van der Waals surface area contributed by atoms with Gasteiger partial charge in [0, 0.05) is 21.7 Å². The van der Waals surface area contributed by atoms with Gasteiger partial charge in [-0.25, -0.2) is 4.98 Å². The van der Waals surface area contributed by atoms with Crippen molar-refractivity contribution in [3.8, 4) is 11.1 Å². The molecule has 3 heteroatoms. The average Bonchev–Trinajstić information content (AvgIpc) is 3.28. The molecule has 0 amide bonds. The molecular weight excluding hydrogens is 416 g/mol. The van der Waals surface area contributed by atoms with Crippen LogP contribution in [0.5, 0.6) is 0 Å². The van der Waals surface area contributed by atoms with Crippen LogP contribution >= 0.6 is 0 Å². The average molecular weight is 441 g/mol. The Morgan fingerprint density at radius 3 is 2.41 bits per heavy atom. The Hall–Kier alpha value is -4.24. The maximum atomic E-state index is 13.9. The predicted molar refractivity (Wildman–Crippen MR) is 144 cm³/mol. The van der Waals surface area contributed by atoms with Crippen molar-refractivity contribution in [3.63, 3.8) is 0 Å². The van der Waals surface area contributed by atoms with Gasteiger partial charge in [0.1, 0.15) is 5.65 Å². The van der Waals surface area contributed by atoms with E-state index in [0.29, 0.717) is 5.65 Å². The quantitative estimate of drug-likeness (QED) is 0.264. The number of aromatic nitrogens is 2. The normalized spacial score (nSPS) is 12.7. The SMILES string of the molecule is C/C=C(\C=C/CC)c1cc(-c2ccccc2)cc2nc3c4cccc5cccc(c(=O)n3c12)c54. The van der Waals surface area contributed by atoms with E-state index < -0.39 is 0 Å². The van der Waals surface area contributed by atoms with Gasteiger partial charge in [-0.2, -0.15) is 0 Å². The van der Waals surface area contributed by atoms with Crippen LogP contribution in [-0.2, 0) is 0 Å². The van der Waals surface area contributed by atoms with Crippen LogP contribution < -0.4 is 5.56 Å². The highest BCUT2D eigenvalue weighted by Crippen LogP contribution is 2.35. The van der Waals surface area contributed by atoms with E-state index in [2.05, 4.69) is 67.6 Å². The molecule has 6 rings (SSSR count). The lowest BCUT2D eigenvalue weighted by atomic mass is 9.96. The van der Waals surface area contributed by atoms with E-state index in [0.717, 1.165) is 61.3 Å². The van der Waals surface area contributed by atoms with Crippen molar-refractivity contribution in [1.29, 1.82) is 0 Å². The van der Waals surface area contributed by atoms with E-state index in [9.17, 15) is 4.79 Å². The Kier molecular flexibility index (Phi) is 4.77. The van der Waals surface area contributed by atoms with Crippen LogP contribution in [0.3, 0.4) is 0 Å². The van der Waals surface area contributed by atoms with Gasteiger partial charge in [0.2, 0.25) is 0 Å². The molecule has 164 valence electrons. The van der Waals surface area contributed by atoms with Crippen molar-refractivity contribution in [2.75, 3.05) is 0 Å². The number of rotatable bonds is 4. The molecule has 0 radical (unpaired) electrons. The van der Waals surface area contributed by atoms with Crippen LogP contribution in [0.1, 0.15) is 25.8 Å². The van der Waals surface area contributed by atoms with Gasteiger partial charge in [-0.05, 0) is 53.6 Å². The number of fused-ring (bicyclic) bond motifs is 4. The standard InChI is InChI=1S/C31H24N2O/c1-3-5-11-20(4-2)26-18-23(21-12-7-6-8-13-21)19-27-29(26)33-30(32-27)24-16-9-14-22-15-10-17-25(28(22)24)31(33)34/h4-19H,3H2,1-2H3/b11-5-,20-4+. The molecule has 0 spiro atoms. The summed E-state index contributed by atoms with van der Waals surface area (Å²) in [5, 5.41) is 3.78. The zero-order valence-electron chi connectivity index (χ0n) is 19.2. The van der Waals surface area contributed by atoms with Crippen molar-refractivity contribution >= 4 is 43.8 Å². The Balaban J connectivity index is 1.83. The van der Waals surface area contributed by atoms with Crippen molar-refractivity contribution in [1.82, 2.24) is 9.38 Å². The lowest BCUT2D eigenvalue weighted by Gasteiger charge is -2.11. The molecule has 0 bridgehead atoms. The largest absolute Gasteiger partial charge is 0.268 e. The molecular formula is C31H24N2O.